The molecule has 0 aromatic heterocycles. The fourth-order valence-electron chi connectivity index (χ4n) is 2.81. The molecule has 0 amide bonds. The van der Waals surface area contributed by atoms with Crippen molar-refractivity contribution in [2.75, 3.05) is 32.4 Å². The maximum absolute atomic E-state index is 13.9. The summed E-state index contributed by atoms with van der Waals surface area (Å²) in [5, 5.41) is 0. The van der Waals surface area contributed by atoms with Gasteiger partial charge in [0.25, 0.3) is 0 Å². The standard InChI is InChI=1S/C14H22FN3O2S/c1-3-18-8-4-5-12(18)10-17(2)21(19,20)14-7-6-11(16)9-13(14)15/h6-7,9,12H,3-5,8,10,16H2,1-2H3. The van der Waals surface area contributed by atoms with Gasteiger partial charge in [-0.25, -0.2) is 12.8 Å². The van der Waals surface area contributed by atoms with E-state index in [0.717, 1.165) is 32.0 Å². The number of hydrogen-bond acceptors (Lipinski definition) is 4. The lowest BCUT2D eigenvalue weighted by atomic mass is 10.2. The molecule has 0 radical (unpaired) electrons. The summed E-state index contributed by atoms with van der Waals surface area (Å²) in [6.07, 6.45) is 2.04. The Morgan fingerprint density at radius 3 is 2.81 bits per heavy atom. The Labute approximate surface area is 125 Å². The number of nitrogens with two attached hydrogens (primary N) is 1. The van der Waals surface area contributed by atoms with Crippen molar-refractivity contribution in [1.29, 1.82) is 0 Å². The van der Waals surface area contributed by atoms with Crippen LogP contribution in [0.5, 0.6) is 0 Å². The molecular weight excluding hydrogens is 293 g/mol. The molecular formula is C14H22FN3O2S. The maximum Gasteiger partial charge on any atom is 0.245 e. The van der Waals surface area contributed by atoms with Crippen LogP contribution < -0.4 is 5.73 Å². The van der Waals surface area contributed by atoms with Crippen LogP contribution in [0.15, 0.2) is 23.1 Å². The van der Waals surface area contributed by atoms with Gasteiger partial charge >= 0.3 is 0 Å². The number of sulfonamides is 1. The molecule has 1 aliphatic heterocycles. The molecule has 21 heavy (non-hydrogen) atoms. The summed E-state index contributed by atoms with van der Waals surface area (Å²) in [5.41, 5.74) is 5.67. The van der Waals surface area contributed by atoms with E-state index in [0.29, 0.717) is 6.54 Å². The van der Waals surface area contributed by atoms with E-state index >= 15 is 0 Å². The molecule has 7 heteroatoms. The van der Waals surface area contributed by atoms with Crippen LogP contribution in [0.4, 0.5) is 10.1 Å². The minimum atomic E-state index is -3.83. The van der Waals surface area contributed by atoms with Crippen molar-refractivity contribution in [3.8, 4) is 0 Å². The molecule has 0 saturated carbocycles. The van der Waals surface area contributed by atoms with Gasteiger partial charge in [0.1, 0.15) is 10.7 Å². The van der Waals surface area contributed by atoms with Crippen molar-refractivity contribution < 1.29 is 12.8 Å². The van der Waals surface area contributed by atoms with E-state index in [9.17, 15) is 12.8 Å². The molecule has 1 aromatic rings. The number of anilines is 1. The highest BCUT2D eigenvalue weighted by atomic mass is 32.2. The second-order valence-electron chi connectivity index (χ2n) is 5.40. The summed E-state index contributed by atoms with van der Waals surface area (Å²) in [6.45, 7) is 4.33. The average molecular weight is 315 g/mol. The molecule has 2 rings (SSSR count). The van der Waals surface area contributed by atoms with Gasteiger partial charge in [-0.1, -0.05) is 6.92 Å². The van der Waals surface area contributed by atoms with Crippen LogP contribution in [-0.2, 0) is 10.0 Å². The normalized spacial score (nSPS) is 20.3. The van der Waals surface area contributed by atoms with E-state index in [-0.39, 0.29) is 16.6 Å². The topological polar surface area (TPSA) is 66.6 Å². The quantitative estimate of drug-likeness (QED) is 0.837. The van der Waals surface area contributed by atoms with E-state index in [2.05, 4.69) is 11.8 Å². The van der Waals surface area contributed by atoms with Crippen LogP contribution in [0.2, 0.25) is 0 Å². The summed E-state index contributed by atoms with van der Waals surface area (Å²) in [6, 6.07) is 3.86. The highest BCUT2D eigenvalue weighted by molar-refractivity contribution is 7.89. The number of rotatable bonds is 5. The van der Waals surface area contributed by atoms with Gasteiger partial charge in [-0.05, 0) is 44.1 Å². The molecule has 5 nitrogen and oxygen atoms in total. The van der Waals surface area contributed by atoms with E-state index in [1.54, 1.807) is 0 Å². The number of nitrogen functional groups attached to an aromatic ring is 1. The number of benzene rings is 1. The van der Waals surface area contributed by atoms with Gasteiger partial charge in [0, 0.05) is 25.3 Å². The summed E-state index contributed by atoms with van der Waals surface area (Å²) in [7, 11) is -2.33. The van der Waals surface area contributed by atoms with Gasteiger partial charge in [0.15, 0.2) is 0 Å². The second kappa shape index (κ2) is 6.29. The highest BCUT2D eigenvalue weighted by Gasteiger charge is 2.30. The van der Waals surface area contributed by atoms with Crippen LogP contribution >= 0.6 is 0 Å². The molecule has 1 atom stereocenters. The van der Waals surface area contributed by atoms with Crippen LogP contribution in [0, 0.1) is 5.82 Å². The molecule has 118 valence electrons. The fourth-order valence-corrected chi connectivity index (χ4v) is 4.06. The summed E-state index contributed by atoms with van der Waals surface area (Å²) in [5.74, 6) is -0.805. The minimum Gasteiger partial charge on any atom is -0.399 e. The van der Waals surface area contributed by atoms with Gasteiger partial charge in [0.05, 0.1) is 0 Å². The zero-order valence-electron chi connectivity index (χ0n) is 12.4. The van der Waals surface area contributed by atoms with Crippen molar-refractivity contribution in [1.82, 2.24) is 9.21 Å². The van der Waals surface area contributed by atoms with Crippen molar-refractivity contribution in [2.24, 2.45) is 0 Å². The predicted molar refractivity (Wildman–Crippen MR) is 80.9 cm³/mol. The van der Waals surface area contributed by atoms with E-state index in [4.69, 9.17) is 5.73 Å². The van der Waals surface area contributed by atoms with Crippen molar-refractivity contribution in [3.05, 3.63) is 24.0 Å². The molecule has 1 saturated heterocycles. The Bertz CT molecular complexity index is 606. The maximum atomic E-state index is 13.9. The van der Waals surface area contributed by atoms with Gasteiger partial charge in [-0.15, -0.1) is 0 Å². The number of likely N-dealkylation sites (tertiary alicyclic amines) is 1. The van der Waals surface area contributed by atoms with Gasteiger partial charge in [-0.2, -0.15) is 4.31 Å². The molecule has 1 heterocycles. The number of hydrogen-bond donors (Lipinski definition) is 1. The van der Waals surface area contributed by atoms with Crippen LogP contribution in [0.3, 0.4) is 0 Å². The van der Waals surface area contributed by atoms with Crippen molar-refractivity contribution in [3.63, 3.8) is 0 Å². The van der Waals surface area contributed by atoms with E-state index < -0.39 is 15.8 Å². The summed E-state index contributed by atoms with van der Waals surface area (Å²) in [4.78, 5) is 1.94. The largest absolute Gasteiger partial charge is 0.399 e. The van der Waals surface area contributed by atoms with Crippen LogP contribution in [0.25, 0.3) is 0 Å². The molecule has 0 spiro atoms. The van der Waals surface area contributed by atoms with Gasteiger partial charge in [-0.3, -0.25) is 4.90 Å². The fraction of sp³-hybridized carbons (Fsp3) is 0.571. The Morgan fingerprint density at radius 1 is 1.48 bits per heavy atom. The third kappa shape index (κ3) is 3.36. The molecule has 0 aliphatic carbocycles. The lowest BCUT2D eigenvalue weighted by Gasteiger charge is -2.27. The monoisotopic (exact) mass is 315 g/mol. The first-order valence-corrected chi connectivity index (χ1v) is 8.55. The van der Waals surface area contributed by atoms with Gasteiger partial charge in [0.2, 0.25) is 10.0 Å². The molecule has 1 unspecified atom stereocenters. The smallest absolute Gasteiger partial charge is 0.245 e. The Balaban J connectivity index is 2.18. The third-order valence-electron chi connectivity index (χ3n) is 4.02. The average Bonchev–Trinajstić information content (AvgIpc) is 2.85. The van der Waals surface area contributed by atoms with Crippen LogP contribution in [0.1, 0.15) is 19.8 Å². The molecule has 1 fully saturated rings. The number of likely N-dealkylation sites (N-methyl/N-ethyl adjacent to an activating group) is 2. The first kappa shape index (κ1) is 16.2. The lowest BCUT2D eigenvalue weighted by molar-refractivity contribution is 0.237. The Kier molecular flexibility index (Phi) is 4.85. The first-order valence-electron chi connectivity index (χ1n) is 7.11. The van der Waals surface area contributed by atoms with Crippen molar-refractivity contribution >= 4 is 15.7 Å². The molecule has 1 aliphatic rings. The zero-order valence-corrected chi connectivity index (χ0v) is 13.2. The molecule has 1 aromatic carbocycles. The van der Waals surface area contributed by atoms with E-state index in [1.807, 2.05) is 0 Å². The van der Waals surface area contributed by atoms with Crippen molar-refractivity contribution in [2.45, 2.75) is 30.7 Å². The lowest BCUT2D eigenvalue weighted by Crippen LogP contribution is -2.41. The summed E-state index contributed by atoms with van der Waals surface area (Å²) >= 11 is 0. The minimum absolute atomic E-state index is 0.201. The number of halogens is 1. The SMILES string of the molecule is CCN1CCCC1CN(C)S(=O)(=O)c1ccc(N)cc1F. The second-order valence-corrected chi connectivity index (χ2v) is 7.41. The number of nitrogens with zero attached hydrogens (tertiary/aromatic N) is 2. The third-order valence-corrected chi connectivity index (χ3v) is 5.87. The highest BCUT2D eigenvalue weighted by Crippen LogP contribution is 2.23. The Morgan fingerprint density at radius 2 is 2.19 bits per heavy atom. The Hall–Kier alpha value is -1.18. The first-order chi connectivity index (χ1) is 9.86. The van der Waals surface area contributed by atoms with E-state index in [1.165, 1.54) is 23.5 Å². The summed E-state index contributed by atoms with van der Waals surface area (Å²) < 4.78 is 40.1. The van der Waals surface area contributed by atoms with Crippen LogP contribution in [-0.4, -0.2) is 50.3 Å². The molecule has 2 N–H and O–H groups in total. The van der Waals surface area contributed by atoms with Gasteiger partial charge < -0.3 is 5.73 Å². The molecule has 0 bridgehead atoms. The zero-order chi connectivity index (χ0) is 15.6. The predicted octanol–water partition coefficient (Wildman–Crippen LogP) is 1.51.